The van der Waals surface area contributed by atoms with Gasteiger partial charge in [0.1, 0.15) is 12.3 Å². The van der Waals surface area contributed by atoms with E-state index in [0.717, 1.165) is 21.1 Å². The number of nitrogens with zero attached hydrogens (tertiary/aromatic N) is 2. The number of carbonyl (C=O) groups is 1. The first kappa shape index (κ1) is 17.4. The van der Waals surface area contributed by atoms with Gasteiger partial charge in [0.05, 0.1) is 24.6 Å². The van der Waals surface area contributed by atoms with Crippen molar-refractivity contribution in [3.05, 3.63) is 64.3 Å². The van der Waals surface area contributed by atoms with Gasteiger partial charge in [0.2, 0.25) is 5.88 Å². The molecule has 0 saturated carbocycles. The lowest BCUT2D eigenvalue weighted by Crippen LogP contribution is -2.08. The minimum Gasteiger partial charge on any atom is -0.480 e. The zero-order chi connectivity index (χ0) is 17.6. The molecule has 0 aliphatic rings. The number of fused-ring (bicyclic) bond motifs is 1. The molecule has 25 heavy (non-hydrogen) atoms. The van der Waals surface area contributed by atoms with Gasteiger partial charge in [-0.2, -0.15) is 0 Å². The topological polar surface area (TPSA) is 61.3 Å². The van der Waals surface area contributed by atoms with Crippen LogP contribution in [0.4, 0.5) is 0 Å². The van der Waals surface area contributed by atoms with E-state index in [1.807, 2.05) is 48.5 Å². The summed E-state index contributed by atoms with van der Waals surface area (Å²) < 4.78 is 11.6. The van der Waals surface area contributed by atoms with Gasteiger partial charge < -0.3 is 9.47 Å². The summed E-state index contributed by atoms with van der Waals surface area (Å²) in [6.45, 7) is 0.237. The molecule has 0 fully saturated rings. The molecule has 1 heterocycles. The van der Waals surface area contributed by atoms with Gasteiger partial charge in [0, 0.05) is 16.5 Å². The number of esters is 1. The standard InChI is InChI=1S/C19H17BrN2O3/c1-24-19-17(21-15-8-4-5-9-16(15)22-19)10-11-18(23)25-12-13-6-2-3-7-14(13)20/h2-9H,10-12H2,1H3. The number of benzene rings is 2. The summed E-state index contributed by atoms with van der Waals surface area (Å²) in [4.78, 5) is 21.0. The fourth-order valence-electron chi connectivity index (χ4n) is 2.41. The molecule has 0 aliphatic heterocycles. The third kappa shape index (κ3) is 4.33. The number of aromatic nitrogens is 2. The molecule has 128 valence electrons. The highest BCUT2D eigenvalue weighted by molar-refractivity contribution is 9.10. The van der Waals surface area contributed by atoms with E-state index in [1.165, 1.54) is 0 Å². The van der Waals surface area contributed by atoms with Crippen LogP contribution in [0.5, 0.6) is 5.88 Å². The molecule has 0 atom stereocenters. The van der Waals surface area contributed by atoms with Crippen molar-refractivity contribution in [3.8, 4) is 5.88 Å². The number of carbonyl (C=O) groups excluding carboxylic acids is 1. The molecule has 3 rings (SSSR count). The summed E-state index contributed by atoms with van der Waals surface area (Å²) in [5.41, 5.74) is 3.12. The van der Waals surface area contributed by atoms with Gasteiger partial charge in [-0.25, -0.2) is 9.97 Å². The first-order valence-corrected chi connectivity index (χ1v) is 8.65. The lowest BCUT2D eigenvalue weighted by atomic mass is 10.2. The molecule has 0 radical (unpaired) electrons. The molecule has 1 aromatic heterocycles. The smallest absolute Gasteiger partial charge is 0.306 e. The van der Waals surface area contributed by atoms with Crippen LogP contribution in [0.3, 0.4) is 0 Å². The van der Waals surface area contributed by atoms with Crippen molar-refractivity contribution < 1.29 is 14.3 Å². The molecular weight excluding hydrogens is 384 g/mol. The number of aryl methyl sites for hydroxylation is 1. The zero-order valence-corrected chi connectivity index (χ0v) is 15.3. The predicted octanol–water partition coefficient (Wildman–Crippen LogP) is 4.08. The Kier molecular flexibility index (Phi) is 5.60. The normalized spacial score (nSPS) is 10.6. The number of para-hydroxylation sites is 2. The molecule has 0 amide bonds. The van der Waals surface area contributed by atoms with Crippen molar-refractivity contribution >= 4 is 32.9 Å². The summed E-state index contributed by atoms with van der Waals surface area (Å²) in [6, 6.07) is 15.2. The largest absolute Gasteiger partial charge is 0.480 e. The highest BCUT2D eigenvalue weighted by Crippen LogP contribution is 2.20. The molecule has 5 nitrogen and oxygen atoms in total. The maximum absolute atomic E-state index is 12.0. The molecule has 3 aromatic rings. The van der Waals surface area contributed by atoms with E-state index in [4.69, 9.17) is 9.47 Å². The third-order valence-electron chi connectivity index (χ3n) is 3.71. The second-order valence-corrected chi connectivity index (χ2v) is 6.27. The fraction of sp³-hybridized carbons (Fsp3) is 0.211. The quantitative estimate of drug-likeness (QED) is 0.583. The number of hydrogen-bond acceptors (Lipinski definition) is 5. The minimum atomic E-state index is -0.284. The van der Waals surface area contributed by atoms with E-state index < -0.39 is 0 Å². The number of halogens is 1. The summed E-state index contributed by atoms with van der Waals surface area (Å²) in [5, 5.41) is 0. The van der Waals surface area contributed by atoms with Gasteiger partial charge in [0.15, 0.2) is 0 Å². The molecule has 0 unspecified atom stereocenters. The van der Waals surface area contributed by atoms with Crippen molar-refractivity contribution in [3.63, 3.8) is 0 Å². The second-order valence-electron chi connectivity index (χ2n) is 5.42. The maximum Gasteiger partial charge on any atom is 0.306 e. The van der Waals surface area contributed by atoms with E-state index >= 15 is 0 Å². The molecule has 6 heteroatoms. The van der Waals surface area contributed by atoms with Gasteiger partial charge in [-0.3, -0.25) is 4.79 Å². The predicted molar refractivity (Wildman–Crippen MR) is 98.3 cm³/mol. The first-order chi connectivity index (χ1) is 12.2. The SMILES string of the molecule is COc1nc2ccccc2nc1CCC(=O)OCc1ccccc1Br. The van der Waals surface area contributed by atoms with E-state index in [2.05, 4.69) is 25.9 Å². The van der Waals surface area contributed by atoms with Crippen LogP contribution in [-0.4, -0.2) is 23.0 Å². The van der Waals surface area contributed by atoms with Crippen molar-refractivity contribution in [2.24, 2.45) is 0 Å². The van der Waals surface area contributed by atoms with Crippen LogP contribution in [0.1, 0.15) is 17.7 Å². The Morgan fingerprint density at radius 1 is 1.04 bits per heavy atom. The Morgan fingerprint density at radius 3 is 2.44 bits per heavy atom. The van der Waals surface area contributed by atoms with Crippen LogP contribution < -0.4 is 4.74 Å². The Morgan fingerprint density at radius 2 is 1.72 bits per heavy atom. The Balaban J connectivity index is 1.63. The average molecular weight is 401 g/mol. The van der Waals surface area contributed by atoms with E-state index in [0.29, 0.717) is 18.0 Å². The van der Waals surface area contributed by atoms with Crippen molar-refractivity contribution in [2.75, 3.05) is 7.11 Å². The van der Waals surface area contributed by atoms with Gasteiger partial charge in [-0.15, -0.1) is 0 Å². The number of rotatable bonds is 6. The van der Waals surface area contributed by atoms with E-state index in [-0.39, 0.29) is 19.0 Å². The molecular formula is C19H17BrN2O3. The Bertz CT molecular complexity index is 899. The average Bonchev–Trinajstić information content (AvgIpc) is 2.64. The zero-order valence-electron chi connectivity index (χ0n) is 13.7. The van der Waals surface area contributed by atoms with Gasteiger partial charge in [-0.1, -0.05) is 46.3 Å². The van der Waals surface area contributed by atoms with Crippen molar-refractivity contribution in [2.45, 2.75) is 19.4 Å². The second kappa shape index (κ2) is 8.07. The molecule has 0 saturated heterocycles. The summed E-state index contributed by atoms with van der Waals surface area (Å²) in [5.74, 6) is 0.157. The Hall–Kier alpha value is -2.47. The monoisotopic (exact) mass is 400 g/mol. The van der Waals surface area contributed by atoms with Gasteiger partial charge in [0.25, 0.3) is 0 Å². The summed E-state index contributed by atoms with van der Waals surface area (Å²) in [6.07, 6.45) is 0.629. The third-order valence-corrected chi connectivity index (χ3v) is 4.49. The van der Waals surface area contributed by atoms with Crippen molar-refractivity contribution in [1.29, 1.82) is 0 Å². The van der Waals surface area contributed by atoms with Crippen LogP contribution in [0.25, 0.3) is 11.0 Å². The van der Waals surface area contributed by atoms with Crippen LogP contribution in [-0.2, 0) is 22.6 Å². The van der Waals surface area contributed by atoms with Crippen LogP contribution in [0, 0.1) is 0 Å². The minimum absolute atomic E-state index is 0.216. The first-order valence-electron chi connectivity index (χ1n) is 7.86. The lowest BCUT2D eigenvalue weighted by Gasteiger charge is -2.09. The lowest BCUT2D eigenvalue weighted by molar-refractivity contribution is -0.144. The van der Waals surface area contributed by atoms with Gasteiger partial charge in [-0.05, 0) is 18.2 Å². The maximum atomic E-state index is 12.0. The van der Waals surface area contributed by atoms with Crippen molar-refractivity contribution in [1.82, 2.24) is 9.97 Å². The molecule has 0 bridgehead atoms. The number of methoxy groups -OCH3 is 1. The molecule has 0 aliphatic carbocycles. The van der Waals surface area contributed by atoms with Gasteiger partial charge >= 0.3 is 5.97 Å². The van der Waals surface area contributed by atoms with Crippen LogP contribution in [0.2, 0.25) is 0 Å². The molecule has 2 aromatic carbocycles. The van der Waals surface area contributed by atoms with Crippen LogP contribution >= 0.6 is 15.9 Å². The number of ether oxygens (including phenoxy) is 2. The Labute approximate surface area is 154 Å². The van der Waals surface area contributed by atoms with Crippen LogP contribution in [0.15, 0.2) is 53.0 Å². The summed E-state index contributed by atoms with van der Waals surface area (Å²) >= 11 is 3.44. The molecule has 0 N–H and O–H groups in total. The van der Waals surface area contributed by atoms with E-state index in [1.54, 1.807) is 7.11 Å². The molecule has 0 spiro atoms. The fourth-order valence-corrected chi connectivity index (χ4v) is 2.81. The number of hydrogen-bond donors (Lipinski definition) is 0. The highest BCUT2D eigenvalue weighted by atomic mass is 79.9. The summed E-state index contributed by atoms with van der Waals surface area (Å²) in [7, 11) is 1.55. The van der Waals surface area contributed by atoms with E-state index in [9.17, 15) is 4.79 Å². The highest BCUT2D eigenvalue weighted by Gasteiger charge is 2.12.